The van der Waals surface area contributed by atoms with Crippen LogP contribution >= 0.6 is 23.2 Å². The molecular weight excluding hydrogens is 429 g/mol. The molecule has 30 heavy (non-hydrogen) atoms. The van der Waals surface area contributed by atoms with E-state index < -0.39 is 5.97 Å². The highest BCUT2D eigenvalue weighted by atomic mass is 35.5. The minimum atomic E-state index is -1.13. The van der Waals surface area contributed by atoms with Gasteiger partial charge in [0.15, 0.2) is 5.69 Å². The summed E-state index contributed by atoms with van der Waals surface area (Å²) in [5.74, 6) is -1.23. The number of benzene rings is 1. The van der Waals surface area contributed by atoms with Crippen LogP contribution in [-0.2, 0) is 17.9 Å². The van der Waals surface area contributed by atoms with Crippen molar-refractivity contribution >= 4 is 35.1 Å². The smallest absolute Gasteiger partial charge is 0.355 e. The molecule has 1 aromatic carbocycles. The molecule has 3 aromatic rings. The Morgan fingerprint density at radius 1 is 1.20 bits per heavy atom. The summed E-state index contributed by atoms with van der Waals surface area (Å²) in [4.78, 5) is 27.4. The molecule has 0 aliphatic heterocycles. The molecular formula is C20H19Cl2N5O3. The molecule has 0 atom stereocenters. The molecule has 2 aromatic heterocycles. The number of carbonyl (C=O) groups excluding carboxylic acids is 1. The zero-order valence-electron chi connectivity index (χ0n) is 16.1. The number of hydrogen-bond acceptors (Lipinski definition) is 5. The third kappa shape index (κ3) is 5.55. The quantitative estimate of drug-likeness (QED) is 0.543. The van der Waals surface area contributed by atoms with Gasteiger partial charge in [0, 0.05) is 31.3 Å². The number of aromatic carboxylic acids is 1. The summed E-state index contributed by atoms with van der Waals surface area (Å²) < 4.78 is 1.58. The van der Waals surface area contributed by atoms with Gasteiger partial charge in [-0.25, -0.2) is 9.78 Å². The zero-order chi connectivity index (χ0) is 21.7. The number of carboxylic acids is 1. The molecule has 3 rings (SSSR count). The molecule has 1 amide bonds. The lowest BCUT2D eigenvalue weighted by Gasteiger charge is -2.06. The van der Waals surface area contributed by atoms with Crippen LogP contribution in [0.1, 0.15) is 34.5 Å². The van der Waals surface area contributed by atoms with Crippen molar-refractivity contribution in [3.63, 3.8) is 0 Å². The minimum Gasteiger partial charge on any atom is -0.476 e. The van der Waals surface area contributed by atoms with Gasteiger partial charge in [0.25, 0.3) is 0 Å². The molecule has 0 spiro atoms. The first-order chi connectivity index (χ1) is 14.3. The third-order valence-electron chi connectivity index (χ3n) is 4.31. The third-order valence-corrected chi connectivity index (χ3v) is 5.05. The number of halogens is 2. The Morgan fingerprint density at radius 3 is 2.73 bits per heavy atom. The molecule has 2 heterocycles. The first kappa shape index (κ1) is 21.7. The number of aryl methyl sites for hydroxylation is 2. The molecule has 0 saturated carbocycles. The van der Waals surface area contributed by atoms with Gasteiger partial charge in [-0.2, -0.15) is 0 Å². The monoisotopic (exact) mass is 447 g/mol. The number of aromatic nitrogens is 4. The summed E-state index contributed by atoms with van der Waals surface area (Å²) in [6, 6.07) is 6.91. The Morgan fingerprint density at radius 2 is 2.00 bits per heavy atom. The van der Waals surface area contributed by atoms with E-state index in [-0.39, 0.29) is 11.6 Å². The Kier molecular flexibility index (Phi) is 7.02. The Bertz CT molecular complexity index is 1080. The van der Waals surface area contributed by atoms with Crippen LogP contribution in [0.4, 0.5) is 0 Å². The largest absolute Gasteiger partial charge is 0.476 e. The van der Waals surface area contributed by atoms with Crippen LogP contribution in [0, 0.1) is 6.92 Å². The fraction of sp³-hybridized carbons (Fsp3) is 0.250. The number of nitrogens with zero attached hydrogens (tertiary/aromatic N) is 4. The average Bonchev–Trinajstić information content (AvgIpc) is 3.17. The maximum atomic E-state index is 12.1. The molecule has 8 nitrogen and oxygen atoms in total. The highest BCUT2D eigenvalue weighted by Gasteiger charge is 2.16. The minimum absolute atomic E-state index is 0.0747. The van der Waals surface area contributed by atoms with E-state index >= 15 is 0 Å². The first-order valence-corrected chi connectivity index (χ1v) is 9.90. The van der Waals surface area contributed by atoms with Crippen LogP contribution in [0.25, 0.3) is 11.3 Å². The Labute approximate surface area is 182 Å². The number of carbonyl (C=O) groups is 2. The summed E-state index contributed by atoms with van der Waals surface area (Å²) in [5.41, 5.74) is 2.44. The van der Waals surface area contributed by atoms with Gasteiger partial charge in [0.05, 0.1) is 16.2 Å². The summed E-state index contributed by atoms with van der Waals surface area (Å²) in [7, 11) is 0. The number of hydrogen-bond donors (Lipinski definition) is 2. The van der Waals surface area contributed by atoms with E-state index in [0.717, 1.165) is 11.1 Å². The maximum Gasteiger partial charge on any atom is 0.355 e. The van der Waals surface area contributed by atoms with Gasteiger partial charge in [-0.15, -0.1) is 5.10 Å². The van der Waals surface area contributed by atoms with Gasteiger partial charge in [-0.05, 0) is 42.7 Å². The number of rotatable bonds is 8. The van der Waals surface area contributed by atoms with Crippen LogP contribution in [0.2, 0.25) is 10.0 Å². The van der Waals surface area contributed by atoms with Crippen LogP contribution in [0.5, 0.6) is 0 Å². The van der Waals surface area contributed by atoms with E-state index in [9.17, 15) is 14.7 Å². The molecule has 0 unspecified atom stereocenters. The fourth-order valence-corrected chi connectivity index (χ4v) is 3.13. The van der Waals surface area contributed by atoms with E-state index in [0.29, 0.717) is 47.2 Å². The van der Waals surface area contributed by atoms with Crippen molar-refractivity contribution in [1.29, 1.82) is 0 Å². The number of amides is 1. The molecule has 2 N–H and O–H groups in total. The van der Waals surface area contributed by atoms with E-state index in [1.54, 1.807) is 35.1 Å². The highest BCUT2D eigenvalue weighted by molar-refractivity contribution is 6.42. The van der Waals surface area contributed by atoms with Crippen molar-refractivity contribution in [1.82, 2.24) is 25.3 Å². The van der Waals surface area contributed by atoms with Crippen molar-refractivity contribution in [3.05, 3.63) is 63.5 Å². The number of pyridine rings is 1. The molecule has 156 valence electrons. The first-order valence-electron chi connectivity index (χ1n) is 9.14. The van der Waals surface area contributed by atoms with Gasteiger partial charge < -0.3 is 10.4 Å². The summed E-state index contributed by atoms with van der Waals surface area (Å²) in [5, 5.41) is 21.1. The standard InChI is InChI=1S/C20H19Cl2N5O3/c1-12-7-14(19(20(29)30)24-9-12)17-11-27(26-25-17)6-2-3-18(28)23-10-13-4-5-15(21)16(22)8-13/h4-5,7-9,11H,2-3,6,10H2,1H3,(H,23,28)(H,29,30). The lowest BCUT2D eigenvalue weighted by Crippen LogP contribution is -2.22. The lowest BCUT2D eigenvalue weighted by molar-refractivity contribution is -0.121. The summed E-state index contributed by atoms with van der Waals surface area (Å²) >= 11 is 11.8. The topological polar surface area (TPSA) is 110 Å². The van der Waals surface area contributed by atoms with Gasteiger partial charge >= 0.3 is 5.97 Å². The highest BCUT2D eigenvalue weighted by Crippen LogP contribution is 2.23. The van der Waals surface area contributed by atoms with Gasteiger partial charge in [-0.3, -0.25) is 9.48 Å². The van der Waals surface area contributed by atoms with Crippen LogP contribution in [-0.4, -0.2) is 37.0 Å². The molecule has 0 radical (unpaired) electrons. The predicted octanol–water partition coefficient (Wildman–Crippen LogP) is 3.75. The van der Waals surface area contributed by atoms with E-state index in [1.165, 1.54) is 6.20 Å². The van der Waals surface area contributed by atoms with E-state index in [4.69, 9.17) is 23.2 Å². The summed E-state index contributed by atoms with van der Waals surface area (Å²) in [6.45, 7) is 2.65. The SMILES string of the molecule is Cc1cnc(C(=O)O)c(-c2cn(CCCC(=O)NCc3ccc(Cl)c(Cl)c3)nn2)c1. The Hall–Kier alpha value is -2.97. The Balaban J connectivity index is 1.52. The molecule has 0 aliphatic carbocycles. The molecule has 0 bridgehead atoms. The lowest BCUT2D eigenvalue weighted by atomic mass is 10.1. The molecule has 0 fully saturated rings. The molecule has 0 saturated heterocycles. The number of carboxylic acid groups (broad SMARTS) is 1. The normalized spacial score (nSPS) is 10.8. The maximum absolute atomic E-state index is 12.1. The van der Waals surface area contributed by atoms with Crippen molar-refractivity contribution in [2.45, 2.75) is 32.9 Å². The fourth-order valence-electron chi connectivity index (χ4n) is 2.81. The van der Waals surface area contributed by atoms with Gasteiger partial charge in [0.2, 0.25) is 5.91 Å². The predicted molar refractivity (Wildman–Crippen MR) is 112 cm³/mol. The average molecular weight is 448 g/mol. The second kappa shape index (κ2) is 9.69. The molecule has 0 aliphatic rings. The van der Waals surface area contributed by atoms with Crippen molar-refractivity contribution in [2.24, 2.45) is 0 Å². The van der Waals surface area contributed by atoms with Crippen LogP contribution < -0.4 is 5.32 Å². The van der Waals surface area contributed by atoms with E-state index in [1.807, 2.05) is 6.92 Å². The second-order valence-electron chi connectivity index (χ2n) is 6.71. The zero-order valence-corrected chi connectivity index (χ0v) is 17.6. The molecule has 10 heteroatoms. The summed E-state index contributed by atoms with van der Waals surface area (Å²) in [6.07, 6.45) is 4.00. The van der Waals surface area contributed by atoms with E-state index in [2.05, 4.69) is 20.6 Å². The van der Waals surface area contributed by atoms with Gasteiger partial charge in [-0.1, -0.05) is 34.5 Å². The van der Waals surface area contributed by atoms with Gasteiger partial charge in [0.1, 0.15) is 5.69 Å². The van der Waals surface area contributed by atoms with Crippen molar-refractivity contribution in [3.8, 4) is 11.3 Å². The number of nitrogens with one attached hydrogen (secondary N) is 1. The van der Waals surface area contributed by atoms with Crippen LogP contribution in [0.15, 0.2) is 36.7 Å². The van der Waals surface area contributed by atoms with Crippen LogP contribution in [0.3, 0.4) is 0 Å². The van der Waals surface area contributed by atoms with Crippen molar-refractivity contribution < 1.29 is 14.7 Å². The second-order valence-corrected chi connectivity index (χ2v) is 7.52. The van der Waals surface area contributed by atoms with Crippen molar-refractivity contribution in [2.75, 3.05) is 0 Å².